The first-order chi connectivity index (χ1) is 12.6. The van der Waals surface area contributed by atoms with Crippen LogP contribution in [0.3, 0.4) is 0 Å². The van der Waals surface area contributed by atoms with Crippen LogP contribution in [0.2, 0.25) is 5.02 Å². The van der Waals surface area contributed by atoms with Gasteiger partial charge in [0.05, 0.1) is 5.69 Å². The van der Waals surface area contributed by atoms with E-state index in [-0.39, 0.29) is 5.91 Å². The summed E-state index contributed by atoms with van der Waals surface area (Å²) in [6.07, 6.45) is 4.64. The fourth-order valence-corrected chi connectivity index (χ4v) is 2.74. The second-order valence-corrected chi connectivity index (χ2v) is 6.25. The number of aryl methyl sites for hydroxylation is 1. The molecule has 0 atom stereocenters. The van der Waals surface area contributed by atoms with E-state index in [0.29, 0.717) is 22.4 Å². The lowest BCUT2D eigenvalue weighted by molar-refractivity contribution is -0.113. The summed E-state index contributed by atoms with van der Waals surface area (Å²) in [5, 5.41) is 4.75. The second kappa shape index (κ2) is 6.57. The Balaban J connectivity index is 1.79. The largest absolute Gasteiger partial charge is 0.283 e. The topological polar surface area (TPSA) is 63.4 Å². The van der Waals surface area contributed by atoms with Crippen LogP contribution in [0.4, 0.5) is 5.69 Å². The molecule has 0 radical (unpaired) electrons. The van der Waals surface area contributed by atoms with E-state index in [0.717, 1.165) is 11.1 Å². The minimum atomic E-state index is -0.227. The maximum absolute atomic E-state index is 13.0. The maximum Gasteiger partial charge on any atom is 0.283 e. The highest BCUT2D eigenvalue weighted by Gasteiger charge is 2.33. The Kier molecular flexibility index (Phi) is 4.10. The fourth-order valence-electron chi connectivity index (χ4n) is 2.61. The number of nitrogens with zero attached hydrogens (tertiary/aromatic N) is 5. The number of halogens is 1. The van der Waals surface area contributed by atoms with Crippen molar-refractivity contribution in [2.45, 2.75) is 6.92 Å². The first-order valence-corrected chi connectivity index (χ1v) is 8.32. The van der Waals surface area contributed by atoms with E-state index in [2.05, 4.69) is 15.1 Å². The molecule has 3 aromatic rings. The Labute approximate surface area is 155 Å². The van der Waals surface area contributed by atoms with Gasteiger partial charge in [-0.2, -0.15) is 9.78 Å². The van der Waals surface area contributed by atoms with Gasteiger partial charge in [0.15, 0.2) is 0 Å². The van der Waals surface area contributed by atoms with Crippen molar-refractivity contribution in [3.63, 3.8) is 0 Å². The summed E-state index contributed by atoms with van der Waals surface area (Å²) >= 11 is 5.92. The highest BCUT2D eigenvalue weighted by Crippen LogP contribution is 2.26. The van der Waals surface area contributed by atoms with Crippen LogP contribution in [-0.2, 0) is 4.79 Å². The van der Waals surface area contributed by atoms with E-state index in [1.165, 1.54) is 22.2 Å². The van der Waals surface area contributed by atoms with Crippen molar-refractivity contribution >= 4 is 35.2 Å². The first kappa shape index (κ1) is 16.2. The van der Waals surface area contributed by atoms with Crippen molar-refractivity contribution in [3.8, 4) is 0 Å². The summed E-state index contributed by atoms with van der Waals surface area (Å²) in [7, 11) is 0. The van der Waals surface area contributed by atoms with Gasteiger partial charge < -0.3 is 0 Å². The van der Waals surface area contributed by atoms with Crippen LogP contribution >= 0.6 is 11.6 Å². The third kappa shape index (κ3) is 3.02. The SMILES string of the molecule is Cc1ccc(N2C(=O)/C(=C/c3ccc(Cl)cc3)N=C2n2cncn2)cc1. The number of amides is 1. The molecule has 2 heterocycles. The lowest BCUT2D eigenvalue weighted by atomic mass is 10.2. The van der Waals surface area contributed by atoms with Crippen molar-refractivity contribution in [1.82, 2.24) is 14.8 Å². The number of hydrogen-bond donors (Lipinski definition) is 0. The number of carbonyl (C=O) groups excluding carboxylic acids is 1. The van der Waals surface area contributed by atoms with Gasteiger partial charge in [-0.1, -0.05) is 41.4 Å². The molecular weight excluding hydrogens is 350 g/mol. The lowest BCUT2D eigenvalue weighted by Crippen LogP contribution is -2.36. The molecule has 0 aliphatic carbocycles. The molecular formula is C19H14ClN5O. The fraction of sp³-hybridized carbons (Fsp3) is 0.0526. The average Bonchev–Trinajstić information content (AvgIpc) is 3.27. The molecule has 1 aliphatic rings. The number of benzene rings is 2. The number of hydrogen-bond acceptors (Lipinski definition) is 4. The average molecular weight is 364 g/mol. The van der Waals surface area contributed by atoms with Gasteiger partial charge in [0.2, 0.25) is 5.96 Å². The molecule has 0 saturated heterocycles. The Morgan fingerprint density at radius 2 is 1.77 bits per heavy atom. The zero-order chi connectivity index (χ0) is 18.1. The van der Waals surface area contributed by atoms with Gasteiger partial charge in [0.1, 0.15) is 18.4 Å². The number of anilines is 1. The third-order valence-corrected chi connectivity index (χ3v) is 4.18. The van der Waals surface area contributed by atoms with E-state index in [9.17, 15) is 4.79 Å². The van der Waals surface area contributed by atoms with Crippen LogP contribution < -0.4 is 4.90 Å². The number of aliphatic imine (C=N–C) groups is 1. The quantitative estimate of drug-likeness (QED) is 0.654. The summed E-state index contributed by atoms with van der Waals surface area (Å²) in [6, 6.07) is 14.9. The molecule has 0 N–H and O–H groups in total. The molecule has 2 aromatic carbocycles. The van der Waals surface area contributed by atoms with Gasteiger partial charge in [-0.25, -0.2) is 14.9 Å². The Morgan fingerprint density at radius 3 is 2.42 bits per heavy atom. The Bertz CT molecular complexity index is 1010. The van der Waals surface area contributed by atoms with Crippen molar-refractivity contribution in [2.24, 2.45) is 4.99 Å². The summed E-state index contributed by atoms with van der Waals surface area (Å²) in [5.74, 6) is 0.158. The number of rotatable bonds is 2. The van der Waals surface area contributed by atoms with Gasteiger partial charge in [-0.15, -0.1) is 0 Å². The highest BCUT2D eigenvalue weighted by atomic mass is 35.5. The minimum absolute atomic E-state index is 0.227. The van der Waals surface area contributed by atoms with Crippen molar-refractivity contribution in [3.05, 3.63) is 83.0 Å². The molecule has 128 valence electrons. The summed E-state index contributed by atoms with van der Waals surface area (Å²) < 4.78 is 1.47. The minimum Gasteiger partial charge on any atom is -0.266 e. The van der Waals surface area contributed by atoms with Crippen LogP contribution in [0, 0.1) is 6.92 Å². The molecule has 1 amide bonds. The molecule has 6 nitrogen and oxygen atoms in total. The molecule has 0 bridgehead atoms. The van der Waals surface area contributed by atoms with Crippen LogP contribution in [-0.4, -0.2) is 26.6 Å². The van der Waals surface area contributed by atoms with Crippen LogP contribution in [0.1, 0.15) is 11.1 Å². The molecule has 0 spiro atoms. The first-order valence-electron chi connectivity index (χ1n) is 7.94. The Hall–Kier alpha value is -3.25. The van der Waals surface area contributed by atoms with E-state index in [1.807, 2.05) is 43.3 Å². The summed E-state index contributed by atoms with van der Waals surface area (Å²) in [5.41, 5.74) is 2.98. The predicted octanol–water partition coefficient (Wildman–Crippen LogP) is 3.53. The van der Waals surface area contributed by atoms with Gasteiger partial charge in [0, 0.05) is 5.02 Å². The molecule has 0 fully saturated rings. The lowest BCUT2D eigenvalue weighted by Gasteiger charge is -2.17. The van der Waals surface area contributed by atoms with Crippen LogP contribution in [0.5, 0.6) is 0 Å². The van der Waals surface area contributed by atoms with E-state index in [1.54, 1.807) is 18.2 Å². The molecule has 0 saturated carbocycles. The van der Waals surface area contributed by atoms with Crippen molar-refractivity contribution in [2.75, 3.05) is 4.90 Å². The molecule has 1 aromatic heterocycles. The third-order valence-electron chi connectivity index (χ3n) is 3.93. The monoisotopic (exact) mass is 363 g/mol. The standard InChI is InChI=1S/C19H14ClN5O/c1-13-2-8-16(9-3-13)25-18(26)17(10-14-4-6-15(20)7-5-14)23-19(25)24-12-21-11-22-24/h2-12H,1H3/b17-10-. The summed E-state index contributed by atoms with van der Waals surface area (Å²) in [4.78, 5) is 23.0. The highest BCUT2D eigenvalue weighted by molar-refractivity contribution is 6.30. The van der Waals surface area contributed by atoms with Crippen LogP contribution in [0.15, 0.2) is 71.9 Å². The van der Waals surface area contributed by atoms with E-state index in [4.69, 9.17) is 11.6 Å². The smallest absolute Gasteiger partial charge is 0.266 e. The van der Waals surface area contributed by atoms with Crippen LogP contribution in [0.25, 0.3) is 6.08 Å². The molecule has 0 unspecified atom stereocenters. The molecule has 26 heavy (non-hydrogen) atoms. The molecule has 4 rings (SSSR count). The molecule has 7 heteroatoms. The number of aromatic nitrogens is 3. The zero-order valence-electron chi connectivity index (χ0n) is 13.9. The van der Waals surface area contributed by atoms with Gasteiger partial charge in [-0.3, -0.25) is 4.79 Å². The van der Waals surface area contributed by atoms with Crippen molar-refractivity contribution < 1.29 is 4.79 Å². The molecule has 1 aliphatic heterocycles. The Morgan fingerprint density at radius 1 is 1.04 bits per heavy atom. The summed E-state index contributed by atoms with van der Waals surface area (Å²) in [6.45, 7) is 1.99. The van der Waals surface area contributed by atoms with Gasteiger partial charge in [0.25, 0.3) is 5.91 Å². The van der Waals surface area contributed by atoms with Gasteiger partial charge >= 0.3 is 0 Å². The van der Waals surface area contributed by atoms with E-state index >= 15 is 0 Å². The second-order valence-electron chi connectivity index (χ2n) is 5.81. The maximum atomic E-state index is 13.0. The van der Waals surface area contributed by atoms with Gasteiger partial charge in [-0.05, 0) is 42.8 Å². The number of carbonyl (C=O) groups is 1. The van der Waals surface area contributed by atoms with Crippen molar-refractivity contribution in [1.29, 1.82) is 0 Å². The van der Waals surface area contributed by atoms with E-state index < -0.39 is 0 Å². The normalized spacial score (nSPS) is 15.6. The predicted molar refractivity (Wildman–Crippen MR) is 101 cm³/mol. The zero-order valence-corrected chi connectivity index (χ0v) is 14.6.